The van der Waals surface area contributed by atoms with Crippen molar-refractivity contribution in [3.05, 3.63) is 42.7 Å². The Labute approximate surface area is 131 Å². The summed E-state index contributed by atoms with van der Waals surface area (Å²) in [6.07, 6.45) is 8.34. The van der Waals surface area contributed by atoms with Crippen LogP contribution in [0.15, 0.2) is 35.5 Å². The molecule has 9 heteroatoms. The van der Waals surface area contributed by atoms with E-state index in [0.717, 1.165) is 5.82 Å². The van der Waals surface area contributed by atoms with E-state index in [1.165, 1.54) is 0 Å². The minimum atomic E-state index is -0.429. The van der Waals surface area contributed by atoms with E-state index in [1.807, 2.05) is 0 Å². The molecular formula is C14H15N7O2. The second-order valence-electron chi connectivity index (χ2n) is 5.42. The van der Waals surface area contributed by atoms with Gasteiger partial charge in [0.2, 0.25) is 11.7 Å². The first-order chi connectivity index (χ1) is 11.3. The summed E-state index contributed by atoms with van der Waals surface area (Å²) < 4.78 is 5.39. The van der Waals surface area contributed by atoms with Crippen LogP contribution in [0.25, 0.3) is 11.5 Å². The molecule has 0 aromatic carbocycles. The van der Waals surface area contributed by atoms with Crippen LogP contribution in [-0.2, 0) is 6.54 Å². The quantitative estimate of drug-likeness (QED) is 0.717. The third-order valence-electron chi connectivity index (χ3n) is 3.81. The molecule has 0 saturated carbocycles. The molecule has 0 aliphatic carbocycles. The highest BCUT2D eigenvalue weighted by atomic mass is 16.5. The van der Waals surface area contributed by atoms with Gasteiger partial charge in [0.15, 0.2) is 0 Å². The van der Waals surface area contributed by atoms with Crippen molar-refractivity contribution in [3.63, 3.8) is 0 Å². The molecule has 0 radical (unpaired) electrons. The van der Waals surface area contributed by atoms with Gasteiger partial charge in [-0.3, -0.25) is 9.88 Å². The number of nitrogens with one attached hydrogen (secondary N) is 1. The molecule has 1 aliphatic rings. The lowest BCUT2D eigenvalue weighted by molar-refractivity contribution is 0.167. The lowest BCUT2D eigenvalue weighted by atomic mass is 10.2. The molecule has 0 unspecified atom stereocenters. The van der Waals surface area contributed by atoms with E-state index in [-0.39, 0.29) is 6.04 Å². The molecule has 4 rings (SSSR count). The van der Waals surface area contributed by atoms with Gasteiger partial charge in [0.05, 0.1) is 24.9 Å². The summed E-state index contributed by atoms with van der Waals surface area (Å²) in [5.41, 5.74) is 0.554. The Balaban J connectivity index is 1.57. The first-order valence-corrected chi connectivity index (χ1v) is 7.30. The Morgan fingerprint density at radius 1 is 1.30 bits per heavy atom. The summed E-state index contributed by atoms with van der Waals surface area (Å²) >= 11 is 0. The highest BCUT2D eigenvalue weighted by molar-refractivity contribution is 5.45. The number of aromatic amines is 1. The van der Waals surface area contributed by atoms with Crippen LogP contribution in [-0.4, -0.2) is 52.7 Å². The average Bonchev–Trinajstić information content (AvgIpc) is 3.30. The van der Waals surface area contributed by atoms with E-state index in [1.54, 1.807) is 31.0 Å². The molecule has 3 aromatic heterocycles. The first kappa shape index (κ1) is 14.0. The van der Waals surface area contributed by atoms with Gasteiger partial charge < -0.3 is 14.6 Å². The number of rotatable bonds is 4. The Morgan fingerprint density at radius 2 is 2.26 bits per heavy atom. The highest BCUT2D eigenvalue weighted by Gasteiger charge is 2.36. The second kappa shape index (κ2) is 5.86. The third-order valence-corrected chi connectivity index (χ3v) is 3.81. The molecule has 2 atom stereocenters. The first-order valence-electron chi connectivity index (χ1n) is 7.30. The Hall–Kier alpha value is -2.65. The Morgan fingerprint density at radius 3 is 3.04 bits per heavy atom. The molecule has 4 heterocycles. The summed E-state index contributed by atoms with van der Waals surface area (Å²) in [7, 11) is 0. The smallest absolute Gasteiger partial charge is 0.244 e. The largest absolute Gasteiger partial charge is 0.392 e. The van der Waals surface area contributed by atoms with Crippen LogP contribution in [0.2, 0.25) is 0 Å². The number of H-pyrrole nitrogens is 1. The van der Waals surface area contributed by atoms with Gasteiger partial charge in [0.1, 0.15) is 11.5 Å². The van der Waals surface area contributed by atoms with E-state index in [4.69, 9.17) is 4.52 Å². The molecule has 9 nitrogen and oxygen atoms in total. The maximum Gasteiger partial charge on any atom is 0.244 e. The summed E-state index contributed by atoms with van der Waals surface area (Å²) in [4.78, 5) is 21.9. The minimum absolute atomic E-state index is 0.145. The zero-order valence-corrected chi connectivity index (χ0v) is 12.2. The number of likely N-dealkylation sites (tertiary alicyclic amines) is 1. The van der Waals surface area contributed by atoms with Gasteiger partial charge in [-0.1, -0.05) is 5.16 Å². The van der Waals surface area contributed by atoms with E-state index in [9.17, 15) is 5.11 Å². The van der Waals surface area contributed by atoms with E-state index < -0.39 is 6.10 Å². The van der Waals surface area contributed by atoms with Gasteiger partial charge in [-0.2, -0.15) is 4.98 Å². The van der Waals surface area contributed by atoms with Gasteiger partial charge in [0.25, 0.3) is 0 Å². The normalized spacial score (nSPS) is 21.8. The predicted octanol–water partition coefficient (Wildman–Crippen LogP) is 0.558. The van der Waals surface area contributed by atoms with Gasteiger partial charge in [-0.25, -0.2) is 9.97 Å². The van der Waals surface area contributed by atoms with Crippen LogP contribution in [0.5, 0.6) is 0 Å². The van der Waals surface area contributed by atoms with Crippen LogP contribution < -0.4 is 0 Å². The van der Waals surface area contributed by atoms with Crippen LogP contribution in [0.3, 0.4) is 0 Å². The molecular weight excluding hydrogens is 298 g/mol. The van der Waals surface area contributed by atoms with Gasteiger partial charge in [-0.15, -0.1) is 0 Å². The topological polar surface area (TPSA) is 117 Å². The zero-order chi connectivity index (χ0) is 15.6. The highest BCUT2D eigenvalue weighted by Crippen LogP contribution is 2.32. The fourth-order valence-electron chi connectivity index (χ4n) is 2.78. The van der Waals surface area contributed by atoms with Crippen molar-refractivity contribution in [2.24, 2.45) is 0 Å². The van der Waals surface area contributed by atoms with Gasteiger partial charge >= 0.3 is 0 Å². The predicted molar refractivity (Wildman–Crippen MR) is 77.7 cm³/mol. The van der Waals surface area contributed by atoms with Crippen molar-refractivity contribution in [1.29, 1.82) is 0 Å². The lowest BCUT2D eigenvalue weighted by Gasteiger charge is -2.19. The average molecular weight is 313 g/mol. The number of hydrogen-bond donors (Lipinski definition) is 2. The molecule has 1 aliphatic heterocycles. The van der Waals surface area contributed by atoms with Crippen molar-refractivity contribution < 1.29 is 9.63 Å². The third kappa shape index (κ3) is 2.83. The molecule has 23 heavy (non-hydrogen) atoms. The monoisotopic (exact) mass is 313 g/mol. The van der Waals surface area contributed by atoms with Crippen LogP contribution in [0.1, 0.15) is 24.2 Å². The SMILES string of the molecule is O[C@@H]1C[C@@H](c2nc(-c3cnccn3)no2)N(Cc2ncc[nH]2)C1. The summed E-state index contributed by atoms with van der Waals surface area (Å²) in [5, 5.41) is 14.0. The zero-order valence-electron chi connectivity index (χ0n) is 12.2. The standard InChI is InChI=1S/C14H15N7O2/c22-9-5-11(21(7-9)8-12-17-3-4-18-12)14-19-13(20-23-14)10-6-15-1-2-16-10/h1-4,6,9,11,22H,5,7-8H2,(H,17,18)/t9-,11+/m1/s1. The Kier molecular flexibility index (Phi) is 3.56. The molecule has 0 spiro atoms. The number of hydrogen-bond acceptors (Lipinski definition) is 8. The van der Waals surface area contributed by atoms with Crippen LogP contribution in [0, 0.1) is 0 Å². The fourth-order valence-corrected chi connectivity index (χ4v) is 2.78. The van der Waals surface area contributed by atoms with E-state index in [2.05, 4.69) is 35.0 Å². The minimum Gasteiger partial charge on any atom is -0.392 e. The van der Waals surface area contributed by atoms with Crippen LogP contribution >= 0.6 is 0 Å². The van der Waals surface area contributed by atoms with Crippen molar-refractivity contribution in [1.82, 2.24) is 35.0 Å². The molecule has 3 aromatic rings. The van der Waals surface area contributed by atoms with E-state index in [0.29, 0.717) is 36.9 Å². The molecule has 0 bridgehead atoms. The molecule has 2 N–H and O–H groups in total. The van der Waals surface area contributed by atoms with Crippen molar-refractivity contribution >= 4 is 0 Å². The van der Waals surface area contributed by atoms with E-state index >= 15 is 0 Å². The molecule has 1 fully saturated rings. The van der Waals surface area contributed by atoms with Crippen molar-refractivity contribution in [2.75, 3.05) is 6.54 Å². The van der Waals surface area contributed by atoms with Crippen molar-refractivity contribution in [3.8, 4) is 11.5 Å². The maximum atomic E-state index is 10.00. The van der Waals surface area contributed by atoms with Gasteiger partial charge in [0, 0.05) is 31.3 Å². The number of nitrogens with zero attached hydrogens (tertiary/aromatic N) is 6. The fraction of sp³-hybridized carbons (Fsp3) is 0.357. The number of aliphatic hydroxyl groups excluding tert-OH is 1. The molecule has 0 amide bonds. The Bertz CT molecular complexity index is 759. The summed E-state index contributed by atoms with van der Waals surface area (Å²) in [6, 6.07) is -0.145. The maximum absolute atomic E-state index is 10.00. The number of β-amino-alcohol motifs (C(OH)–C–C–N with tert-alkyl or cyclic N) is 1. The summed E-state index contributed by atoms with van der Waals surface area (Å²) in [6.45, 7) is 1.12. The van der Waals surface area contributed by atoms with Crippen molar-refractivity contribution in [2.45, 2.75) is 25.1 Å². The lowest BCUT2D eigenvalue weighted by Crippen LogP contribution is -2.25. The second-order valence-corrected chi connectivity index (χ2v) is 5.42. The number of aromatic nitrogens is 6. The molecule has 1 saturated heterocycles. The molecule has 118 valence electrons. The van der Waals surface area contributed by atoms with Gasteiger partial charge in [-0.05, 0) is 6.42 Å². The van der Waals surface area contributed by atoms with Crippen LogP contribution in [0.4, 0.5) is 0 Å². The number of imidazole rings is 1. The summed E-state index contributed by atoms with van der Waals surface area (Å²) in [5.74, 6) is 1.69. The number of aliphatic hydroxyl groups is 1.